The predicted octanol–water partition coefficient (Wildman–Crippen LogP) is 2.03. The van der Waals surface area contributed by atoms with Crippen LogP contribution in [0.25, 0.3) is 10.4 Å². The lowest BCUT2D eigenvalue weighted by atomic mass is 10.0. The first-order valence-corrected chi connectivity index (χ1v) is 5.38. The molecule has 0 heterocycles. The fraction of sp³-hybridized carbons (Fsp3) is 0.900. The van der Waals surface area contributed by atoms with E-state index >= 15 is 0 Å². The highest BCUT2D eigenvalue weighted by atomic mass is 16.5. The first-order valence-electron chi connectivity index (χ1n) is 5.38. The number of nitrogens with zero attached hydrogens (tertiary/aromatic N) is 3. The van der Waals surface area contributed by atoms with Crippen LogP contribution in [0, 0.1) is 5.92 Å². The zero-order valence-electron chi connectivity index (χ0n) is 9.80. The summed E-state index contributed by atoms with van der Waals surface area (Å²) in [5.41, 5.74) is 8.20. The van der Waals surface area contributed by atoms with Crippen LogP contribution in [0.1, 0.15) is 32.6 Å². The van der Waals surface area contributed by atoms with Crippen LogP contribution in [0.4, 0.5) is 0 Å². The van der Waals surface area contributed by atoms with E-state index in [0.717, 1.165) is 19.3 Å². The molecule has 2 unspecified atom stereocenters. The quantitative estimate of drug-likeness (QED) is 0.227. The van der Waals surface area contributed by atoms with Crippen molar-refractivity contribution in [3.8, 4) is 0 Å². The molecule has 0 aliphatic carbocycles. The van der Waals surface area contributed by atoms with Gasteiger partial charge in [0.05, 0.1) is 25.7 Å². The Kier molecular flexibility index (Phi) is 8.29. The maximum atomic E-state index is 11.1. The van der Waals surface area contributed by atoms with Gasteiger partial charge in [-0.1, -0.05) is 24.9 Å². The van der Waals surface area contributed by atoms with Gasteiger partial charge in [-0.25, -0.2) is 0 Å². The molecule has 0 aliphatic rings. The molecule has 0 saturated carbocycles. The van der Waals surface area contributed by atoms with Crippen LogP contribution in [0.5, 0.6) is 0 Å². The molecule has 0 spiro atoms. The summed E-state index contributed by atoms with van der Waals surface area (Å²) in [6.45, 7) is 1.69. The maximum Gasteiger partial charge on any atom is 0.308 e. The van der Waals surface area contributed by atoms with E-state index in [4.69, 9.17) is 10.6 Å². The minimum atomic E-state index is -0.349. The van der Waals surface area contributed by atoms with E-state index in [1.165, 1.54) is 7.11 Å². The highest BCUT2D eigenvalue weighted by molar-refractivity contribution is 5.71. The SMILES string of the molecule is COC(=O)C(C)CCCCC(CO)N=[N+]=[N-]. The van der Waals surface area contributed by atoms with Crippen LogP contribution < -0.4 is 0 Å². The number of carbonyl (C=O) groups is 1. The third-order valence-corrected chi connectivity index (χ3v) is 2.45. The molecule has 6 heteroatoms. The largest absolute Gasteiger partial charge is 0.469 e. The minimum Gasteiger partial charge on any atom is -0.469 e. The van der Waals surface area contributed by atoms with Gasteiger partial charge in [0.1, 0.15) is 0 Å². The first-order chi connectivity index (χ1) is 7.65. The molecule has 0 rings (SSSR count). The Bertz CT molecular complexity index is 252. The highest BCUT2D eigenvalue weighted by Gasteiger charge is 2.12. The number of aliphatic hydroxyl groups is 1. The molecule has 1 N–H and O–H groups in total. The minimum absolute atomic E-state index is 0.1000. The van der Waals surface area contributed by atoms with E-state index in [1.54, 1.807) is 0 Å². The van der Waals surface area contributed by atoms with Crippen molar-refractivity contribution in [2.24, 2.45) is 11.0 Å². The molecule has 0 aliphatic heterocycles. The Morgan fingerprint density at radius 2 is 2.12 bits per heavy atom. The third kappa shape index (κ3) is 6.27. The normalized spacial score (nSPS) is 13.7. The average molecular weight is 229 g/mol. The van der Waals surface area contributed by atoms with Crippen LogP contribution in [0.3, 0.4) is 0 Å². The molecular formula is C10H19N3O3. The summed E-state index contributed by atoms with van der Waals surface area (Å²) in [7, 11) is 1.38. The van der Waals surface area contributed by atoms with Crippen LogP contribution >= 0.6 is 0 Å². The molecule has 0 saturated heterocycles. The Morgan fingerprint density at radius 1 is 1.50 bits per heavy atom. The molecule has 0 fully saturated rings. The lowest BCUT2D eigenvalue weighted by Crippen LogP contribution is -2.13. The number of hydrogen-bond donors (Lipinski definition) is 1. The van der Waals surface area contributed by atoms with E-state index in [1.807, 2.05) is 6.92 Å². The summed E-state index contributed by atoms with van der Waals surface area (Å²) < 4.78 is 4.60. The summed E-state index contributed by atoms with van der Waals surface area (Å²) in [5.74, 6) is -0.300. The molecule has 2 atom stereocenters. The van der Waals surface area contributed by atoms with Gasteiger partial charge in [-0.3, -0.25) is 4.79 Å². The second-order valence-electron chi connectivity index (χ2n) is 3.75. The zero-order valence-corrected chi connectivity index (χ0v) is 9.80. The van der Waals surface area contributed by atoms with Gasteiger partial charge in [-0.2, -0.15) is 0 Å². The van der Waals surface area contributed by atoms with Crippen molar-refractivity contribution >= 4 is 5.97 Å². The van der Waals surface area contributed by atoms with Crippen molar-refractivity contribution in [2.45, 2.75) is 38.6 Å². The van der Waals surface area contributed by atoms with E-state index < -0.39 is 0 Å². The number of unbranched alkanes of at least 4 members (excludes halogenated alkanes) is 1. The second kappa shape index (κ2) is 9.00. The second-order valence-corrected chi connectivity index (χ2v) is 3.75. The number of methoxy groups -OCH3 is 1. The molecule has 92 valence electrons. The summed E-state index contributed by atoms with van der Waals surface area (Å²) in [6, 6.07) is -0.349. The van der Waals surface area contributed by atoms with E-state index in [0.29, 0.717) is 6.42 Å². The summed E-state index contributed by atoms with van der Waals surface area (Å²) in [6.07, 6.45) is 3.08. The Hall–Kier alpha value is -1.26. The van der Waals surface area contributed by atoms with Crippen molar-refractivity contribution in [3.63, 3.8) is 0 Å². The molecule has 0 aromatic heterocycles. The molecule has 6 nitrogen and oxygen atoms in total. The Labute approximate surface area is 95.2 Å². The van der Waals surface area contributed by atoms with Crippen LogP contribution in [-0.4, -0.2) is 30.8 Å². The van der Waals surface area contributed by atoms with Crippen LogP contribution in [0.15, 0.2) is 5.11 Å². The van der Waals surface area contributed by atoms with Crippen molar-refractivity contribution in [2.75, 3.05) is 13.7 Å². The number of rotatable bonds is 8. The predicted molar refractivity (Wildman–Crippen MR) is 59.7 cm³/mol. The number of azide groups is 1. The number of esters is 1. The third-order valence-electron chi connectivity index (χ3n) is 2.45. The fourth-order valence-electron chi connectivity index (χ4n) is 1.41. The molecule has 0 aromatic rings. The lowest BCUT2D eigenvalue weighted by Gasteiger charge is -2.10. The fourth-order valence-corrected chi connectivity index (χ4v) is 1.41. The van der Waals surface area contributed by atoms with Crippen LogP contribution in [-0.2, 0) is 9.53 Å². The van der Waals surface area contributed by atoms with Gasteiger partial charge in [0, 0.05) is 4.91 Å². The average Bonchev–Trinajstić information content (AvgIpc) is 2.31. The molecule has 0 aromatic carbocycles. The van der Waals surface area contributed by atoms with Crippen molar-refractivity contribution in [1.82, 2.24) is 0 Å². The van der Waals surface area contributed by atoms with Gasteiger partial charge >= 0.3 is 5.97 Å². The number of ether oxygens (including phenoxy) is 1. The molecule has 16 heavy (non-hydrogen) atoms. The van der Waals surface area contributed by atoms with Gasteiger partial charge in [0.2, 0.25) is 0 Å². The van der Waals surface area contributed by atoms with Crippen molar-refractivity contribution in [1.29, 1.82) is 0 Å². The van der Waals surface area contributed by atoms with E-state index in [-0.39, 0.29) is 24.5 Å². The topological polar surface area (TPSA) is 95.3 Å². The van der Waals surface area contributed by atoms with Gasteiger partial charge in [0.25, 0.3) is 0 Å². The van der Waals surface area contributed by atoms with E-state index in [9.17, 15) is 4.79 Å². The molecular weight excluding hydrogens is 210 g/mol. The number of hydrogen-bond acceptors (Lipinski definition) is 4. The summed E-state index contributed by atoms with van der Waals surface area (Å²) in [5, 5.41) is 12.3. The summed E-state index contributed by atoms with van der Waals surface area (Å²) >= 11 is 0. The smallest absolute Gasteiger partial charge is 0.308 e. The maximum absolute atomic E-state index is 11.1. The monoisotopic (exact) mass is 229 g/mol. The number of carbonyl (C=O) groups excluding carboxylic acids is 1. The first kappa shape index (κ1) is 14.7. The van der Waals surface area contributed by atoms with Gasteiger partial charge in [-0.15, -0.1) is 0 Å². The molecule has 0 radical (unpaired) electrons. The Balaban J connectivity index is 3.66. The summed E-state index contributed by atoms with van der Waals surface area (Å²) in [4.78, 5) is 13.7. The van der Waals surface area contributed by atoms with Gasteiger partial charge in [-0.05, 0) is 18.4 Å². The van der Waals surface area contributed by atoms with Crippen molar-refractivity contribution in [3.05, 3.63) is 10.4 Å². The standard InChI is InChI=1S/C10H19N3O3/c1-8(10(15)16-2)5-3-4-6-9(7-14)12-13-11/h8-9,14H,3-7H2,1-2H3. The number of aliphatic hydroxyl groups excluding tert-OH is 1. The van der Waals surface area contributed by atoms with E-state index in [2.05, 4.69) is 14.8 Å². The van der Waals surface area contributed by atoms with Gasteiger partial charge in [0.15, 0.2) is 0 Å². The Morgan fingerprint density at radius 3 is 2.62 bits per heavy atom. The zero-order chi connectivity index (χ0) is 12.4. The molecule has 0 bridgehead atoms. The highest BCUT2D eigenvalue weighted by Crippen LogP contribution is 2.12. The molecule has 0 amide bonds. The lowest BCUT2D eigenvalue weighted by molar-refractivity contribution is -0.145. The van der Waals surface area contributed by atoms with Crippen molar-refractivity contribution < 1.29 is 14.6 Å². The van der Waals surface area contributed by atoms with Gasteiger partial charge < -0.3 is 9.84 Å². The van der Waals surface area contributed by atoms with Crippen LogP contribution in [0.2, 0.25) is 0 Å².